The molecule has 1 aromatic rings. The summed E-state index contributed by atoms with van der Waals surface area (Å²) in [5, 5.41) is 6.68. The third-order valence-electron chi connectivity index (χ3n) is 5.35. The summed E-state index contributed by atoms with van der Waals surface area (Å²) < 4.78 is 0. The van der Waals surface area contributed by atoms with Gasteiger partial charge in [-0.2, -0.15) is 0 Å². The first-order valence-corrected chi connectivity index (χ1v) is 8.40. The predicted molar refractivity (Wildman–Crippen MR) is 97.0 cm³/mol. The van der Waals surface area contributed by atoms with E-state index in [9.17, 15) is 4.79 Å². The minimum atomic E-state index is 0.142. The standard InChI is InChI=1S/C18H30N4O/c1-11-13(3)18(14(4)12(2)17(11)19)21-10-16(23)22(5)15-6-8-20-9-7-15/h15,20-21H,6-10,19H2,1-5H3. The lowest BCUT2D eigenvalue weighted by Gasteiger charge is -2.32. The number of amides is 1. The number of nitrogens with one attached hydrogen (secondary N) is 2. The van der Waals surface area contributed by atoms with E-state index in [1.807, 2.05) is 25.8 Å². The number of nitrogens with two attached hydrogens (primary N) is 1. The smallest absolute Gasteiger partial charge is 0.241 e. The van der Waals surface area contributed by atoms with Crippen LogP contribution in [0.5, 0.6) is 0 Å². The van der Waals surface area contributed by atoms with Gasteiger partial charge in [0.05, 0.1) is 6.54 Å². The van der Waals surface area contributed by atoms with E-state index >= 15 is 0 Å². The first-order chi connectivity index (χ1) is 10.8. The average Bonchev–Trinajstić information content (AvgIpc) is 2.58. The van der Waals surface area contributed by atoms with Gasteiger partial charge in [0, 0.05) is 24.5 Å². The number of nitrogen functional groups attached to an aromatic ring is 1. The van der Waals surface area contributed by atoms with Crippen molar-refractivity contribution < 1.29 is 4.79 Å². The summed E-state index contributed by atoms with van der Waals surface area (Å²) in [6.45, 7) is 10.5. The number of hydrogen-bond acceptors (Lipinski definition) is 4. The second-order valence-corrected chi connectivity index (χ2v) is 6.63. The fourth-order valence-corrected chi connectivity index (χ4v) is 3.29. The van der Waals surface area contributed by atoms with Gasteiger partial charge in [-0.25, -0.2) is 0 Å². The molecule has 0 unspecified atom stereocenters. The molecule has 0 spiro atoms. The minimum Gasteiger partial charge on any atom is -0.398 e. The topological polar surface area (TPSA) is 70.4 Å². The quantitative estimate of drug-likeness (QED) is 0.744. The van der Waals surface area contributed by atoms with E-state index in [4.69, 9.17) is 5.73 Å². The highest BCUT2D eigenvalue weighted by molar-refractivity contribution is 5.82. The Balaban J connectivity index is 2.07. The van der Waals surface area contributed by atoms with E-state index in [1.165, 1.54) is 0 Å². The molecule has 1 heterocycles. The van der Waals surface area contributed by atoms with Gasteiger partial charge in [0.25, 0.3) is 0 Å². The van der Waals surface area contributed by atoms with Gasteiger partial charge < -0.3 is 21.3 Å². The number of nitrogens with zero attached hydrogens (tertiary/aromatic N) is 1. The molecule has 1 amide bonds. The van der Waals surface area contributed by atoms with Gasteiger partial charge >= 0.3 is 0 Å². The van der Waals surface area contributed by atoms with Crippen molar-refractivity contribution >= 4 is 17.3 Å². The van der Waals surface area contributed by atoms with Crippen LogP contribution >= 0.6 is 0 Å². The zero-order valence-corrected chi connectivity index (χ0v) is 15.0. The molecule has 0 bridgehead atoms. The monoisotopic (exact) mass is 318 g/mol. The van der Waals surface area contributed by atoms with E-state index in [0.29, 0.717) is 12.6 Å². The van der Waals surface area contributed by atoms with Crippen LogP contribution in [0, 0.1) is 27.7 Å². The molecule has 0 atom stereocenters. The fraction of sp³-hybridized carbons (Fsp3) is 0.611. The molecule has 2 rings (SSSR count). The lowest BCUT2D eigenvalue weighted by Crippen LogP contribution is -2.45. The molecule has 128 valence electrons. The molecule has 0 aromatic heterocycles. The number of carbonyl (C=O) groups is 1. The van der Waals surface area contributed by atoms with E-state index in [1.54, 1.807) is 0 Å². The Morgan fingerprint density at radius 1 is 1.13 bits per heavy atom. The third kappa shape index (κ3) is 3.61. The second-order valence-electron chi connectivity index (χ2n) is 6.63. The molecule has 5 heteroatoms. The van der Waals surface area contributed by atoms with Crippen LogP contribution in [0.4, 0.5) is 11.4 Å². The molecule has 0 saturated carbocycles. The molecule has 1 fully saturated rings. The lowest BCUT2D eigenvalue weighted by atomic mass is 9.96. The number of rotatable bonds is 4. The third-order valence-corrected chi connectivity index (χ3v) is 5.35. The number of likely N-dealkylation sites (N-methyl/N-ethyl adjacent to an activating group) is 1. The van der Waals surface area contributed by atoms with E-state index < -0.39 is 0 Å². The Morgan fingerprint density at radius 3 is 2.17 bits per heavy atom. The highest BCUT2D eigenvalue weighted by Crippen LogP contribution is 2.32. The van der Waals surface area contributed by atoms with Gasteiger partial charge in [0.1, 0.15) is 0 Å². The van der Waals surface area contributed by atoms with Crippen molar-refractivity contribution in [3.63, 3.8) is 0 Å². The van der Waals surface area contributed by atoms with Gasteiger partial charge in [0.2, 0.25) is 5.91 Å². The summed E-state index contributed by atoms with van der Waals surface area (Å²) >= 11 is 0. The van der Waals surface area contributed by atoms with Crippen LogP contribution in [0.1, 0.15) is 35.1 Å². The van der Waals surface area contributed by atoms with Crippen LogP contribution in [-0.4, -0.2) is 43.5 Å². The van der Waals surface area contributed by atoms with Crippen molar-refractivity contribution in [2.45, 2.75) is 46.6 Å². The van der Waals surface area contributed by atoms with Crippen LogP contribution in [0.15, 0.2) is 0 Å². The summed E-state index contributed by atoms with van der Waals surface area (Å²) in [5.74, 6) is 0.142. The number of benzene rings is 1. The van der Waals surface area contributed by atoms with E-state index in [2.05, 4.69) is 24.5 Å². The van der Waals surface area contributed by atoms with E-state index in [-0.39, 0.29) is 5.91 Å². The van der Waals surface area contributed by atoms with Gasteiger partial charge in [0.15, 0.2) is 0 Å². The van der Waals surface area contributed by atoms with Crippen molar-refractivity contribution in [2.75, 3.05) is 37.7 Å². The Labute approximate surface area is 139 Å². The van der Waals surface area contributed by atoms with Gasteiger partial charge in [-0.1, -0.05) is 0 Å². The highest BCUT2D eigenvalue weighted by Gasteiger charge is 2.22. The van der Waals surface area contributed by atoms with Crippen LogP contribution in [-0.2, 0) is 4.79 Å². The molecule has 23 heavy (non-hydrogen) atoms. The van der Waals surface area contributed by atoms with Crippen LogP contribution in [0.3, 0.4) is 0 Å². The molecular weight excluding hydrogens is 288 g/mol. The Hall–Kier alpha value is -1.75. The van der Waals surface area contributed by atoms with Gasteiger partial charge in [-0.3, -0.25) is 4.79 Å². The zero-order valence-electron chi connectivity index (χ0n) is 15.0. The molecule has 0 aliphatic carbocycles. The molecule has 1 saturated heterocycles. The number of piperidine rings is 1. The summed E-state index contributed by atoms with van der Waals surface area (Å²) in [6, 6.07) is 0.350. The predicted octanol–water partition coefficient (Wildman–Crippen LogP) is 2.12. The van der Waals surface area contributed by atoms with Crippen molar-refractivity contribution in [1.29, 1.82) is 0 Å². The summed E-state index contributed by atoms with van der Waals surface area (Å²) in [4.78, 5) is 14.4. The molecule has 5 nitrogen and oxygen atoms in total. The maximum absolute atomic E-state index is 12.5. The Bertz CT molecular complexity index is 562. The van der Waals surface area contributed by atoms with Crippen LogP contribution in [0.25, 0.3) is 0 Å². The normalized spacial score (nSPS) is 15.5. The molecular formula is C18H30N4O. The number of anilines is 2. The second kappa shape index (κ2) is 7.21. The summed E-state index contributed by atoms with van der Waals surface area (Å²) in [6.07, 6.45) is 2.06. The fourth-order valence-electron chi connectivity index (χ4n) is 3.29. The summed E-state index contributed by atoms with van der Waals surface area (Å²) in [5.41, 5.74) is 12.5. The van der Waals surface area contributed by atoms with Gasteiger partial charge in [-0.15, -0.1) is 0 Å². The van der Waals surface area contributed by atoms with Crippen LogP contribution in [0.2, 0.25) is 0 Å². The SMILES string of the molecule is Cc1c(C)c(NCC(=O)N(C)C2CCNCC2)c(C)c(C)c1N. The largest absolute Gasteiger partial charge is 0.398 e. The van der Waals surface area contributed by atoms with Gasteiger partial charge in [-0.05, 0) is 75.9 Å². The van der Waals surface area contributed by atoms with Crippen LogP contribution < -0.4 is 16.4 Å². The molecule has 1 aromatic carbocycles. The summed E-state index contributed by atoms with van der Waals surface area (Å²) in [7, 11) is 1.92. The Morgan fingerprint density at radius 2 is 1.65 bits per heavy atom. The first kappa shape index (κ1) is 17.6. The maximum atomic E-state index is 12.5. The highest BCUT2D eigenvalue weighted by atomic mass is 16.2. The Kier molecular flexibility index (Phi) is 5.52. The van der Waals surface area contributed by atoms with Crippen molar-refractivity contribution in [3.8, 4) is 0 Å². The van der Waals surface area contributed by atoms with Crippen molar-refractivity contribution in [3.05, 3.63) is 22.3 Å². The van der Waals surface area contributed by atoms with Crippen molar-refractivity contribution in [1.82, 2.24) is 10.2 Å². The molecule has 1 aliphatic rings. The molecule has 4 N–H and O–H groups in total. The minimum absolute atomic E-state index is 0.142. The maximum Gasteiger partial charge on any atom is 0.241 e. The number of hydrogen-bond donors (Lipinski definition) is 3. The zero-order chi connectivity index (χ0) is 17.1. The molecule has 0 radical (unpaired) electrons. The molecule has 1 aliphatic heterocycles. The average molecular weight is 318 g/mol. The first-order valence-electron chi connectivity index (χ1n) is 8.40. The number of carbonyl (C=O) groups excluding carboxylic acids is 1. The van der Waals surface area contributed by atoms with E-state index in [0.717, 1.165) is 59.6 Å². The lowest BCUT2D eigenvalue weighted by molar-refractivity contribution is -0.130. The van der Waals surface area contributed by atoms with Crippen molar-refractivity contribution in [2.24, 2.45) is 0 Å².